The molecule has 8 N–H and O–H groups in total. The number of isocyanates is 1. The van der Waals surface area contributed by atoms with E-state index in [9.17, 15) is 14.4 Å². The van der Waals surface area contributed by atoms with Crippen LogP contribution in [-0.4, -0.2) is 58.7 Å². The van der Waals surface area contributed by atoms with Crippen molar-refractivity contribution in [2.75, 3.05) is 16.2 Å². The molecule has 4 aromatic rings. The molecule has 0 atom stereocenters. The zero-order valence-electron chi connectivity index (χ0n) is 26.6. The molecule has 48 heavy (non-hydrogen) atoms. The second-order valence-electron chi connectivity index (χ2n) is 9.57. The van der Waals surface area contributed by atoms with Crippen LogP contribution in [-0.2, 0) is 29.0 Å². The second-order valence-corrected chi connectivity index (χ2v) is 9.57. The molecule has 4 rings (SSSR count). The summed E-state index contributed by atoms with van der Waals surface area (Å²) in [7, 11) is 0. The second kappa shape index (κ2) is 20.5. The van der Waals surface area contributed by atoms with Crippen LogP contribution in [0.4, 0.5) is 28.1 Å². The Bertz CT molecular complexity index is 1700. The number of ether oxygens (including phenoxy) is 1. The summed E-state index contributed by atoms with van der Waals surface area (Å²) in [6, 6.07) is 9.82. The number of ketones is 1. The summed E-state index contributed by atoms with van der Waals surface area (Å²) in [6.07, 6.45) is 4.88. The maximum absolute atomic E-state index is 12.0. The number of nitrogens with one attached hydrogen (secondary N) is 4. The number of aryl methyl sites for hydroxylation is 3. The molecule has 2 amide bonds. The molecule has 0 spiro atoms. The molecule has 2 heterocycles. The summed E-state index contributed by atoms with van der Waals surface area (Å²) < 4.78 is 4.59. The number of rotatable bonds is 11. The molecule has 0 aliphatic rings. The van der Waals surface area contributed by atoms with Crippen molar-refractivity contribution in [2.24, 2.45) is 16.6 Å². The molecule has 0 bridgehead atoms. The largest absolute Gasteiger partial charge is 0.388 e. The van der Waals surface area contributed by atoms with E-state index in [0.29, 0.717) is 41.6 Å². The van der Waals surface area contributed by atoms with E-state index in [0.717, 1.165) is 23.1 Å². The number of nitriles is 1. The van der Waals surface area contributed by atoms with Crippen LogP contribution in [0, 0.1) is 25.4 Å². The summed E-state index contributed by atoms with van der Waals surface area (Å²) in [5, 5.41) is 40.6. The number of Topliss-reactive ketones (excluding diaryl/α,β-unsaturated/α-hetero) is 1. The Labute approximate surface area is 274 Å². The Morgan fingerprint density at radius 3 is 2.15 bits per heavy atom. The number of carbonyl (C=O) groups excluding carboxylic acids is 3. The maximum Gasteiger partial charge on any atom is 0.337 e. The third-order valence-corrected chi connectivity index (χ3v) is 5.34. The van der Waals surface area contributed by atoms with Crippen molar-refractivity contribution < 1.29 is 19.1 Å². The minimum atomic E-state index is -0.499. The van der Waals surface area contributed by atoms with Gasteiger partial charge in [0.15, 0.2) is 11.6 Å². The first-order valence-electron chi connectivity index (χ1n) is 14.1. The van der Waals surface area contributed by atoms with E-state index in [1.54, 1.807) is 24.5 Å². The van der Waals surface area contributed by atoms with Crippen molar-refractivity contribution in [2.45, 2.75) is 53.5 Å². The topological polar surface area (TPSA) is 300 Å². The third-order valence-electron chi connectivity index (χ3n) is 5.34. The molecule has 0 fully saturated rings. The van der Waals surface area contributed by atoms with Gasteiger partial charge in [0, 0.05) is 24.6 Å². The number of nitrogens with zero attached hydrogens (tertiary/aromatic N) is 10. The fraction of sp³-hybridized carbons (Fsp3) is 0.286. The first-order valence-corrected chi connectivity index (χ1v) is 14.1. The van der Waals surface area contributed by atoms with E-state index in [-0.39, 0.29) is 24.2 Å². The Morgan fingerprint density at radius 2 is 1.56 bits per heavy atom. The summed E-state index contributed by atoms with van der Waals surface area (Å²) in [4.78, 5) is 36.6. The van der Waals surface area contributed by atoms with Crippen LogP contribution in [0.5, 0.6) is 5.75 Å². The quantitative estimate of drug-likeness (QED) is 0.0438. The average Bonchev–Trinajstić information content (AvgIpc) is 3.05. The molecule has 20 heteroatoms. The summed E-state index contributed by atoms with van der Waals surface area (Å²) in [5.41, 5.74) is 16.0. The van der Waals surface area contributed by atoms with E-state index in [1.165, 1.54) is 19.1 Å². The highest BCUT2D eigenvalue weighted by Gasteiger charge is 2.07. The van der Waals surface area contributed by atoms with Gasteiger partial charge in [-0.05, 0) is 68.1 Å². The third kappa shape index (κ3) is 14.5. The fourth-order valence-corrected chi connectivity index (χ4v) is 3.57. The number of hydrogen-bond acceptors (Lipinski definition) is 18. The molecular formula is C28H34N16O4. The molecule has 0 saturated carbocycles. The van der Waals surface area contributed by atoms with Crippen molar-refractivity contribution in [3.8, 4) is 12.0 Å². The van der Waals surface area contributed by atoms with E-state index in [4.69, 9.17) is 16.8 Å². The Morgan fingerprint density at radius 1 is 0.917 bits per heavy atom. The van der Waals surface area contributed by atoms with Gasteiger partial charge < -0.3 is 15.8 Å². The molecule has 0 aliphatic heterocycles. The van der Waals surface area contributed by atoms with Crippen molar-refractivity contribution in [1.29, 1.82) is 5.26 Å². The maximum atomic E-state index is 12.0. The van der Waals surface area contributed by atoms with Gasteiger partial charge in [-0.2, -0.15) is 4.99 Å². The molecule has 20 nitrogen and oxygen atoms in total. The highest BCUT2D eigenvalue weighted by Crippen LogP contribution is 2.22. The normalized spacial score (nSPS) is 9.52. The average molecular weight is 659 g/mol. The van der Waals surface area contributed by atoms with E-state index < -0.39 is 6.03 Å². The van der Waals surface area contributed by atoms with Gasteiger partial charge in [0.25, 0.3) is 18.2 Å². The SMILES string of the molecule is CCCc1nnc(NNC(=O)Nc2cc(C)cc(CC(C)=O)c2)nn1.Cc1cc(N=C=O)cc(OC#N)c1.NCc1nnc(NN)nn1. The van der Waals surface area contributed by atoms with Crippen molar-refractivity contribution >= 4 is 41.2 Å². The minimum absolute atomic E-state index is 0.0614. The number of hydrazine groups is 2. The number of nitrogen functional groups attached to an aromatic ring is 1. The highest BCUT2D eigenvalue weighted by atomic mass is 16.5. The lowest BCUT2D eigenvalue weighted by Gasteiger charge is -2.10. The fourth-order valence-electron chi connectivity index (χ4n) is 3.57. The predicted octanol–water partition coefficient (Wildman–Crippen LogP) is 1.64. The van der Waals surface area contributed by atoms with Gasteiger partial charge in [0.1, 0.15) is 11.5 Å². The summed E-state index contributed by atoms with van der Waals surface area (Å²) >= 11 is 0. The van der Waals surface area contributed by atoms with Crippen LogP contribution in [0.3, 0.4) is 0 Å². The zero-order chi connectivity index (χ0) is 35.3. The van der Waals surface area contributed by atoms with Crippen LogP contribution in [0.15, 0.2) is 41.4 Å². The number of aliphatic imine (C=N–C) groups is 1. The smallest absolute Gasteiger partial charge is 0.337 e. The molecule has 0 unspecified atom stereocenters. The highest BCUT2D eigenvalue weighted by molar-refractivity contribution is 5.90. The van der Waals surface area contributed by atoms with Gasteiger partial charge in [-0.3, -0.25) is 15.6 Å². The number of carbonyl (C=O) groups is 2. The number of urea groups is 1. The van der Waals surface area contributed by atoms with Crippen molar-refractivity contribution in [3.05, 3.63) is 64.7 Å². The van der Waals surface area contributed by atoms with Crippen molar-refractivity contribution in [3.63, 3.8) is 0 Å². The van der Waals surface area contributed by atoms with Gasteiger partial charge in [-0.15, -0.1) is 46.1 Å². The molecule has 2 aromatic heterocycles. The van der Waals surface area contributed by atoms with Gasteiger partial charge in [0.05, 0.1) is 12.2 Å². The molecule has 250 valence electrons. The first-order chi connectivity index (χ1) is 23.1. The number of hydrogen-bond donors (Lipinski definition) is 6. The van der Waals surface area contributed by atoms with E-state index in [2.05, 4.69) is 72.1 Å². The first kappa shape index (κ1) is 37.6. The van der Waals surface area contributed by atoms with Crippen LogP contribution in [0.2, 0.25) is 0 Å². The Hall–Kier alpha value is -6.55. The molecule has 0 aliphatic carbocycles. The lowest BCUT2D eigenvalue weighted by atomic mass is 10.1. The lowest BCUT2D eigenvalue weighted by molar-refractivity contribution is -0.116. The summed E-state index contributed by atoms with van der Waals surface area (Å²) in [5.74, 6) is 6.60. The van der Waals surface area contributed by atoms with E-state index >= 15 is 0 Å². The Kier molecular flexibility index (Phi) is 16.1. The minimum Gasteiger partial charge on any atom is -0.388 e. The number of amides is 2. The number of benzene rings is 2. The molecule has 0 saturated heterocycles. The number of anilines is 3. The van der Waals surface area contributed by atoms with Gasteiger partial charge in [-0.1, -0.05) is 13.0 Å². The molecular weight excluding hydrogens is 624 g/mol. The van der Waals surface area contributed by atoms with Crippen LogP contribution in [0.25, 0.3) is 0 Å². The van der Waals surface area contributed by atoms with Crippen LogP contribution in [0.1, 0.15) is 48.6 Å². The van der Waals surface area contributed by atoms with E-state index in [1.807, 2.05) is 32.9 Å². The van der Waals surface area contributed by atoms with Crippen LogP contribution >= 0.6 is 0 Å². The van der Waals surface area contributed by atoms with Crippen LogP contribution < -0.4 is 37.9 Å². The number of aromatic nitrogens is 8. The van der Waals surface area contributed by atoms with Gasteiger partial charge in [0.2, 0.25) is 6.08 Å². The zero-order valence-corrected chi connectivity index (χ0v) is 26.6. The predicted molar refractivity (Wildman–Crippen MR) is 171 cm³/mol. The standard InChI is InChI=1S/C16H21N7O2.C9H6N2O2.C3H7N7/c1-4-5-14-18-20-15(21-19-14)22-23-16(25)17-13-7-10(2)6-12(9-13)8-11(3)24;1-7-2-8(11-6-12)4-9(3-7)13-5-10;4-1-2-7-9-3(6-5)10-8-2/h6-7,9H,4-5,8H2,1-3H3,(H2,17,23,25)(H,20,21,22);2-4H,1H3;1,4-5H2,(H,6,9,10). The number of nitrogens with two attached hydrogens (primary N) is 2. The summed E-state index contributed by atoms with van der Waals surface area (Å²) in [6.45, 7) is 7.47. The lowest BCUT2D eigenvalue weighted by Crippen LogP contribution is -2.34. The molecule has 2 aromatic carbocycles. The van der Waals surface area contributed by atoms with Gasteiger partial charge >= 0.3 is 6.03 Å². The monoisotopic (exact) mass is 658 g/mol. The van der Waals surface area contributed by atoms with Gasteiger partial charge in [-0.25, -0.2) is 20.9 Å². The molecule has 0 radical (unpaired) electrons. The van der Waals surface area contributed by atoms with Crippen molar-refractivity contribution in [1.82, 2.24) is 46.2 Å². The Balaban J connectivity index is 0.000000288.